The Hall–Kier alpha value is -1.51. The zero-order valence-corrected chi connectivity index (χ0v) is 10.4. The lowest BCUT2D eigenvalue weighted by atomic mass is 10.0. The topological polar surface area (TPSA) is 23.5 Å². The fraction of sp³-hybridized carbons (Fsp3) is 0.143. The zero-order valence-electron chi connectivity index (χ0n) is 9.60. The van der Waals surface area contributed by atoms with Crippen LogP contribution < -0.4 is 0 Å². The molecule has 0 aliphatic carbocycles. The normalized spacial score (nSPS) is 10.8. The Bertz CT molecular complexity index is 477. The van der Waals surface area contributed by atoms with Gasteiger partial charge in [-0.2, -0.15) is 0 Å². The van der Waals surface area contributed by atoms with Crippen molar-refractivity contribution in [2.24, 2.45) is 0 Å². The summed E-state index contributed by atoms with van der Waals surface area (Å²) < 4.78 is 1.62. The van der Waals surface area contributed by atoms with Crippen molar-refractivity contribution < 1.29 is 5.11 Å². The van der Waals surface area contributed by atoms with Gasteiger partial charge in [0.05, 0.1) is 0 Å². The average Bonchev–Trinajstić information content (AvgIpc) is 2.30. The number of phenols is 1. The molecular formula is C14H14ClNO. The van der Waals surface area contributed by atoms with Gasteiger partial charge in [-0.05, 0) is 40.6 Å². The van der Waals surface area contributed by atoms with Crippen LogP contribution in [-0.4, -0.2) is 16.6 Å². The molecule has 0 unspecified atom stereocenters. The van der Waals surface area contributed by atoms with Crippen molar-refractivity contribution >= 4 is 11.8 Å². The largest absolute Gasteiger partial charge is 0.508 e. The van der Waals surface area contributed by atoms with Crippen LogP contribution in [-0.2, 0) is 6.54 Å². The first-order chi connectivity index (χ1) is 8.15. The standard InChI is InChI=1S/C14H14ClNO/c1-16(15)10-11-2-4-12(5-3-11)13-6-8-14(17)9-7-13/h2-9,17H,10H2,1H3. The van der Waals surface area contributed by atoms with E-state index in [1.807, 2.05) is 19.2 Å². The zero-order chi connectivity index (χ0) is 12.3. The number of hydrogen-bond acceptors (Lipinski definition) is 2. The van der Waals surface area contributed by atoms with E-state index in [0.717, 1.165) is 17.7 Å². The summed E-state index contributed by atoms with van der Waals surface area (Å²) in [5, 5.41) is 9.23. The van der Waals surface area contributed by atoms with Gasteiger partial charge in [0.15, 0.2) is 0 Å². The Morgan fingerprint density at radius 3 is 1.88 bits per heavy atom. The van der Waals surface area contributed by atoms with E-state index in [1.54, 1.807) is 16.6 Å². The Morgan fingerprint density at radius 1 is 0.941 bits per heavy atom. The highest BCUT2D eigenvalue weighted by molar-refractivity contribution is 6.13. The maximum Gasteiger partial charge on any atom is 0.115 e. The summed E-state index contributed by atoms with van der Waals surface area (Å²) in [6.45, 7) is 0.720. The van der Waals surface area contributed by atoms with Gasteiger partial charge in [-0.1, -0.05) is 36.4 Å². The molecule has 0 bridgehead atoms. The number of aromatic hydroxyl groups is 1. The van der Waals surface area contributed by atoms with Gasteiger partial charge in [0.25, 0.3) is 0 Å². The van der Waals surface area contributed by atoms with E-state index in [1.165, 1.54) is 5.56 Å². The fourth-order valence-corrected chi connectivity index (χ4v) is 1.85. The number of hydrogen-bond donors (Lipinski definition) is 1. The first-order valence-corrected chi connectivity index (χ1v) is 5.74. The molecule has 0 amide bonds. The molecule has 0 atom stereocenters. The molecule has 0 heterocycles. The highest BCUT2D eigenvalue weighted by Gasteiger charge is 2.00. The lowest BCUT2D eigenvalue weighted by Crippen LogP contribution is -2.03. The monoisotopic (exact) mass is 247 g/mol. The second kappa shape index (κ2) is 5.21. The molecule has 2 nitrogen and oxygen atoms in total. The molecule has 2 rings (SSSR count). The molecule has 0 aromatic heterocycles. The smallest absolute Gasteiger partial charge is 0.115 e. The molecule has 0 aliphatic heterocycles. The minimum Gasteiger partial charge on any atom is -0.508 e. The summed E-state index contributed by atoms with van der Waals surface area (Å²) in [5.74, 6) is 0.286. The van der Waals surface area contributed by atoms with Crippen molar-refractivity contribution in [3.05, 3.63) is 54.1 Å². The summed E-state index contributed by atoms with van der Waals surface area (Å²) in [6.07, 6.45) is 0. The summed E-state index contributed by atoms with van der Waals surface area (Å²) >= 11 is 5.79. The third-order valence-corrected chi connectivity index (χ3v) is 2.67. The van der Waals surface area contributed by atoms with Gasteiger partial charge in [-0.15, -0.1) is 0 Å². The third-order valence-electron chi connectivity index (χ3n) is 2.56. The summed E-state index contributed by atoms with van der Waals surface area (Å²) in [7, 11) is 1.83. The minimum atomic E-state index is 0.286. The maximum atomic E-state index is 9.23. The van der Waals surface area contributed by atoms with Crippen LogP contribution in [0.1, 0.15) is 5.56 Å². The van der Waals surface area contributed by atoms with Gasteiger partial charge in [-0.25, -0.2) is 4.42 Å². The van der Waals surface area contributed by atoms with Gasteiger partial charge in [0, 0.05) is 13.6 Å². The van der Waals surface area contributed by atoms with Gasteiger partial charge >= 0.3 is 0 Å². The second-order valence-corrected chi connectivity index (χ2v) is 4.58. The number of rotatable bonds is 3. The Morgan fingerprint density at radius 2 is 1.41 bits per heavy atom. The van der Waals surface area contributed by atoms with Crippen molar-refractivity contribution in [2.75, 3.05) is 7.05 Å². The van der Waals surface area contributed by atoms with Crippen LogP contribution in [0.3, 0.4) is 0 Å². The molecule has 0 radical (unpaired) electrons. The quantitative estimate of drug-likeness (QED) is 0.837. The Balaban J connectivity index is 2.20. The van der Waals surface area contributed by atoms with E-state index in [-0.39, 0.29) is 5.75 Å². The van der Waals surface area contributed by atoms with Crippen molar-refractivity contribution in [3.63, 3.8) is 0 Å². The van der Waals surface area contributed by atoms with Crippen molar-refractivity contribution in [2.45, 2.75) is 6.54 Å². The van der Waals surface area contributed by atoms with Crippen molar-refractivity contribution in [1.29, 1.82) is 0 Å². The van der Waals surface area contributed by atoms with Crippen molar-refractivity contribution in [1.82, 2.24) is 4.42 Å². The van der Waals surface area contributed by atoms with Crippen LogP contribution in [0.5, 0.6) is 5.75 Å². The highest BCUT2D eigenvalue weighted by Crippen LogP contribution is 2.22. The highest BCUT2D eigenvalue weighted by atomic mass is 35.5. The van der Waals surface area contributed by atoms with Gasteiger partial charge < -0.3 is 5.11 Å². The molecule has 0 fully saturated rings. The van der Waals surface area contributed by atoms with E-state index in [9.17, 15) is 5.11 Å². The molecule has 2 aromatic carbocycles. The van der Waals surface area contributed by atoms with Crippen LogP contribution in [0.4, 0.5) is 0 Å². The molecule has 0 saturated heterocycles. The molecule has 3 heteroatoms. The molecular weight excluding hydrogens is 234 g/mol. The van der Waals surface area contributed by atoms with Crippen LogP contribution >= 0.6 is 11.8 Å². The summed E-state index contributed by atoms with van der Waals surface area (Å²) in [6, 6.07) is 15.4. The average molecular weight is 248 g/mol. The predicted octanol–water partition coefficient (Wildman–Crippen LogP) is 3.64. The predicted molar refractivity (Wildman–Crippen MR) is 70.9 cm³/mol. The number of phenolic OH excluding ortho intramolecular Hbond substituents is 1. The van der Waals surface area contributed by atoms with E-state index in [0.29, 0.717) is 0 Å². The third kappa shape index (κ3) is 3.22. The number of halogens is 1. The van der Waals surface area contributed by atoms with E-state index >= 15 is 0 Å². The number of nitrogens with zero attached hydrogens (tertiary/aromatic N) is 1. The molecule has 0 saturated carbocycles. The molecule has 17 heavy (non-hydrogen) atoms. The molecule has 0 spiro atoms. The summed E-state index contributed by atoms with van der Waals surface area (Å²) in [5.41, 5.74) is 3.39. The van der Waals surface area contributed by atoms with Gasteiger partial charge in [0.2, 0.25) is 0 Å². The van der Waals surface area contributed by atoms with Crippen LogP contribution in [0.2, 0.25) is 0 Å². The van der Waals surface area contributed by atoms with Crippen LogP contribution in [0.25, 0.3) is 11.1 Å². The first kappa shape index (κ1) is 12.0. The van der Waals surface area contributed by atoms with Gasteiger partial charge in [-0.3, -0.25) is 0 Å². The van der Waals surface area contributed by atoms with E-state index < -0.39 is 0 Å². The fourth-order valence-electron chi connectivity index (χ4n) is 1.71. The lowest BCUT2D eigenvalue weighted by molar-refractivity contribution is 0.475. The minimum absolute atomic E-state index is 0.286. The van der Waals surface area contributed by atoms with E-state index in [2.05, 4.69) is 24.3 Å². The molecule has 88 valence electrons. The SMILES string of the molecule is CN(Cl)Cc1ccc(-c2ccc(O)cc2)cc1. The van der Waals surface area contributed by atoms with E-state index in [4.69, 9.17) is 11.8 Å². The Kier molecular flexibility index (Phi) is 3.67. The first-order valence-electron chi connectivity index (χ1n) is 5.40. The molecule has 2 aromatic rings. The molecule has 1 N–H and O–H groups in total. The number of benzene rings is 2. The van der Waals surface area contributed by atoms with Crippen LogP contribution in [0, 0.1) is 0 Å². The van der Waals surface area contributed by atoms with Gasteiger partial charge in [0.1, 0.15) is 5.75 Å². The second-order valence-electron chi connectivity index (χ2n) is 4.01. The molecule has 0 aliphatic rings. The lowest BCUT2D eigenvalue weighted by Gasteiger charge is -2.08. The summed E-state index contributed by atoms with van der Waals surface area (Å²) in [4.78, 5) is 0. The Labute approximate surface area is 106 Å². The van der Waals surface area contributed by atoms with Crippen molar-refractivity contribution in [3.8, 4) is 16.9 Å². The maximum absolute atomic E-state index is 9.23. The van der Waals surface area contributed by atoms with Crippen LogP contribution in [0.15, 0.2) is 48.5 Å².